The quantitative estimate of drug-likeness (QED) is 0.819. The van der Waals surface area contributed by atoms with Gasteiger partial charge in [0.25, 0.3) is 0 Å². The molecule has 7 nitrogen and oxygen atoms in total. The van der Waals surface area contributed by atoms with Gasteiger partial charge in [-0.05, 0) is 12.1 Å². The lowest BCUT2D eigenvalue weighted by molar-refractivity contribution is 0.399. The molecule has 0 amide bonds. The highest BCUT2D eigenvalue weighted by Gasteiger charge is 2.19. The molecule has 0 bridgehead atoms. The maximum Gasteiger partial charge on any atom is 0.238 e. The van der Waals surface area contributed by atoms with Gasteiger partial charge < -0.3 is 19.9 Å². The van der Waals surface area contributed by atoms with Gasteiger partial charge in [-0.25, -0.2) is 0 Å². The summed E-state index contributed by atoms with van der Waals surface area (Å²) < 4.78 is 7.18. The second-order valence-electron chi connectivity index (χ2n) is 4.13. The molecule has 1 aliphatic heterocycles. The summed E-state index contributed by atoms with van der Waals surface area (Å²) in [6.07, 6.45) is 1.75. The first-order valence-electron chi connectivity index (χ1n) is 5.70. The van der Waals surface area contributed by atoms with Crippen molar-refractivity contribution in [3.63, 3.8) is 0 Å². The first kappa shape index (κ1) is 10.8. The number of ether oxygens (including phenoxy) is 1. The molecule has 2 aromatic rings. The van der Waals surface area contributed by atoms with Gasteiger partial charge in [-0.3, -0.25) is 0 Å². The second-order valence-corrected chi connectivity index (χ2v) is 4.13. The van der Waals surface area contributed by atoms with Crippen LogP contribution in [0.1, 0.15) is 5.82 Å². The summed E-state index contributed by atoms with van der Waals surface area (Å²) in [7, 11) is 1.56. The Morgan fingerprint density at radius 3 is 3.06 bits per heavy atom. The lowest BCUT2D eigenvalue weighted by Crippen LogP contribution is -2.34. The number of hydrogen-bond donors (Lipinski definition) is 1. The van der Waals surface area contributed by atoms with Gasteiger partial charge in [0.1, 0.15) is 12.1 Å². The molecule has 0 fully saturated rings. The van der Waals surface area contributed by atoms with Crippen molar-refractivity contribution in [2.45, 2.75) is 13.1 Å². The van der Waals surface area contributed by atoms with Crippen molar-refractivity contribution in [1.29, 1.82) is 0 Å². The van der Waals surface area contributed by atoms with E-state index in [1.807, 2.05) is 10.6 Å². The number of nitrogens with zero attached hydrogens (tertiary/aromatic N) is 5. The first-order chi connectivity index (χ1) is 8.78. The molecule has 0 aliphatic carbocycles. The molecular weight excluding hydrogens is 232 g/mol. The number of rotatable bonds is 2. The van der Waals surface area contributed by atoms with Crippen molar-refractivity contribution in [2.24, 2.45) is 0 Å². The van der Waals surface area contributed by atoms with E-state index in [1.54, 1.807) is 19.5 Å². The van der Waals surface area contributed by atoms with Crippen LogP contribution < -0.4 is 15.4 Å². The average molecular weight is 246 g/mol. The Morgan fingerprint density at radius 1 is 1.33 bits per heavy atom. The topological polar surface area (TPSA) is 82.1 Å². The van der Waals surface area contributed by atoms with Gasteiger partial charge in [0.15, 0.2) is 5.82 Å². The molecule has 0 spiro atoms. The highest BCUT2D eigenvalue weighted by Crippen LogP contribution is 2.24. The van der Waals surface area contributed by atoms with Gasteiger partial charge >= 0.3 is 0 Å². The fourth-order valence-corrected chi connectivity index (χ4v) is 2.04. The molecule has 0 saturated carbocycles. The smallest absolute Gasteiger partial charge is 0.238 e. The third-order valence-corrected chi connectivity index (χ3v) is 3.03. The van der Waals surface area contributed by atoms with E-state index in [-0.39, 0.29) is 0 Å². The molecule has 7 heteroatoms. The molecule has 2 aromatic heterocycles. The molecule has 18 heavy (non-hydrogen) atoms. The summed E-state index contributed by atoms with van der Waals surface area (Å²) in [6, 6.07) is 3.70. The van der Waals surface area contributed by atoms with E-state index in [9.17, 15) is 0 Å². The number of anilines is 2. The molecule has 2 N–H and O–H groups in total. The zero-order chi connectivity index (χ0) is 12.5. The van der Waals surface area contributed by atoms with Crippen LogP contribution in [-0.2, 0) is 13.1 Å². The van der Waals surface area contributed by atoms with Gasteiger partial charge in [0.05, 0.1) is 19.3 Å². The normalized spacial score (nSPS) is 14.4. The highest BCUT2D eigenvalue weighted by molar-refractivity contribution is 5.54. The maximum absolute atomic E-state index is 5.76. The highest BCUT2D eigenvalue weighted by atomic mass is 16.5. The zero-order valence-corrected chi connectivity index (χ0v) is 10.1. The maximum atomic E-state index is 5.76. The van der Waals surface area contributed by atoms with Gasteiger partial charge in [0, 0.05) is 13.1 Å². The second kappa shape index (κ2) is 4.17. The summed E-state index contributed by atoms with van der Waals surface area (Å²) in [5.41, 5.74) is 6.30. The monoisotopic (exact) mass is 246 g/mol. The summed E-state index contributed by atoms with van der Waals surface area (Å²) in [6.45, 7) is 2.42. The Balaban J connectivity index is 1.88. The Bertz CT molecular complexity index is 566. The SMILES string of the molecule is COc1nc(N2CCn3cnnc3C2)ccc1N. The van der Waals surface area contributed by atoms with Crippen LogP contribution in [0, 0.1) is 0 Å². The van der Waals surface area contributed by atoms with Crippen molar-refractivity contribution in [2.75, 3.05) is 24.3 Å². The van der Waals surface area contributed by atoms with E-state index in [4.69, 9.17) is 10.5 Å². The van der Waals surface area contributed by atoms with Crippen molar-refractivity contribution in [3.8, 4) is 5.88 Å². The largest absolute Gasteiger partial charge is 0.479 e. The fraction of sp³-hybridized carbons (Fsp3) is 0.364. The van der Waals surface area contributed by atoms with Crippen molar-refractivity contribution < 1.29 is 4.74 Å². The molecule has 0 unspecified atom stereocenters. The predicted octanol–water partition coefficient (Wildman–Crippen LogP) is 0.284. The van der Waals surface area contributed by atoms with E-state index in [0.717, 1.165) is 24.7 Å². The van der Waals surface area contributed by atoms with Crippen LogP contribution in [0.5, 0.6) is 5.88 Å². The van der Waals surface area contributed by atoms with E-state index in [1.165, 1.54) is 0 Å². The van der Waals surface area contributed by atoms with E-state index in [0.29, 0.717) is 18.1 Å². The third-order valence-electron chi connectivity index (χ3n) is 3.03. The minimum absolute atomic E-state index is 0.458. The van der Waals surface area contributed by atoms with E-state index in [2.05, 4.69) is 20.1 Å². The summed E-state index contributed by atoms with van der Waals surface area (Å²) >= 11 is 0. The number of pyridine rings is 1. The molecule has 3 rings (SSSR count). The van der Waals surface area contributed by atoms with Crippen molar-refractivity contribution >= 4 is 11.5 Å². The Morgan fingerprint density at radius 2 is 2.22 bits per heavy atom. The van der Waals surface area contributed by atoms with E-state index < -0.39 is 0 Å². The molecule has 0 saturated heterocycles. The Hall–Kier alpha value is -2.31. The van der Waals surface area contributed by atoms with Crippen LogP contribution in [0.4, 0.5) is 11.5 Å². The van der Waals surface area contributed by atoms with Crippen molar-refractivity contribution in [1.82, 2.24) is 19.7 Å². The van der Waals surface area contributed by atoms with Crippen LogP contribution in [0.15, 0.2) is 18.5 Å². The minimum Gasteiger partial charge on any atom is -0.479 e. The number of fused-ring (bicyclic) bond motifs is 1. The number of aromatic nitrogens is 4. The van der Waals surface area contributed by atoms with Crippen molar-refractivity contribution in [3.05, 3.63) is 24.3 Å². The summed E-state index contributed by atoms with van der Waals surface area (Å²) in [5.74, 6) is 2.24. The molecular formula is C11H14N6O. The van der Waals surface area contributed by atoms with Crippen LogP contribution >= 0.6 is 0 Å². The standard InChI is InChI=1S/C11H14N6O/c1-18-11-8(12)2-3-9(14-11)16-4-5-17-7-13-15-10(17)6-16/h2-3,7H,4-6,12H2,1H3. The summed E-state index contributed by atoms with van der Waals surface area (Å²) in [4.78, 5) is 6.52. The third kappa shape index (κ3) is 1.73. The lowest BCUT2D eigenvalue weighted by Gasteiger charge is -2.28. The minimum atomic E-state index is 0.458. The Kier molecular flexibility index (Phi) is 2.51. The first-order valence-corrected chi connectivity index (χ1v) is 5.70. The molecule has 0 radical (unpaired) electrons. The lowest BCUT2D eigenvalue weighted by atomic mass is 10.3. The molecule has 94 valence electrons. The molecule has 1 aliphatic rings. The number of nitrogens with two attached hydrogens (primary N) is 1. The van der Waals surface area contributed by atoms with Crippen LogP contribution in [0.2, 0.25) is 0 Å². The molecule has 0 aromatic carbocycles. The van der Waals surface area contributed by atoms with E-state index >= 15 is 0 Å². The predicted molar refractivity (Wildman–Crippen MR) is 66.3 cm³/mol. The Labute approximate surface area is 104 Å². The van der Waals surface area contributed by atoms with Crippen LogP contribution in [0.25, 0.3) is 0 Å². The fourth-order valence-electron chi connectivity index (χ4n) is 2.04. The number of methoxy groups -OCH3 is 1. The molecule has 0 atom stereocenters. The zero-order valence-electron chi connectivity index (χ0n) is 10.1. The van der Waals surface area contributed by atoms with Gasteiger partial charge in [-0.2, -0.15) is 4.98 Å². The number of nitrogen functional groups attached to an aromatic ring is 1. The van der Waals surface area contributed by atoms with Crippen LogP contribution in [-0.4, -0.2) is 33.4 Å². The van der Waals surface area contributed by atoms with Gasteiger partial charge in [0.2, 0.25) is 5.88 Å². The molecule has 3 heterocycles. The van der Waals surface area contributed by atoms with Gasteiger partial charge in [-0.15, -0.1) is 10.2 Å². The van der Waals surface area contributed by atoms with Crippen LogP contribution in [0.3, 0.4) is 0 Å². The average Bonchev–Trinajstić information content (AvgIpc) is 2.86. The van der Waals surface area contributed by atoms with Gasteiger partial charge in [-0.1, -0.05) is 0 Å². The summed E-state index contributed by atoms with van der Waals surface area (Å²) in [5, 5.41) is 7.98. The number of hydrogen-bond acceptors (Lipinski definition) is 6.